The zero-order chi connectivity index (χ0) is 22.6. The summed E-state index contributed by atoms with van der Waals surface area (Å²) >= 11 is 0. The quantitative estimate of drug-likeness (QED) is 0.171. The highest BCUT2D eigenvalue weighted by atomic mass is 31.2. The number of hydrogen-bond donors (Lipinski definition) is 0. The molecule has 0 aliphatic heterocycles. The number of carbonyl (C=O) groups is 1. The van der Waals surface area contributed by atoms with Gasteiger partial charge < -0.3 is 13.8 Å². The van der Waals surface area contributed by atoms with E-state index in [0.717, 1.165) is 0 Å². The fraction of sp³-hybridized carbons (Fsp3) is 0.316. The number of esters is 1. The van der Waals surface area contributed by atoms with Gasteiger partial charge in [0.05, 0.1) is 18.2 Å². The Morgan fingerprint density at radius 1 is 0.867 bits per heavy atom. The molecule has 0 aliphatic rings. The Morgan fingerprint density at radius 2 is 1.37 bits per heavy atom. The first-order chi connectivity index (χ1) is 13.9. The van der Waals surface area contributed by atoms with Crippen LogP contribution in [0.3, 0.4) is 0 Å². The van der Waals surface area contributed by atoms with Crippen LogP contribution in [-0.2, 0) is 14.1 Å². The summed E-state index contributed by atoms with van der Waals surface area (Å²) in [7, 11) is -4.66. The fourth-order valence-electron chi connectivity index (χ4n) is 2.30. The van der Waals surface area contributed by atoms with Crippen molar-refractivity contribution in [1.82, 2.24) is 0 Å². The maximum Gasteiger partial charge on any atom is 0.431 e. The normalized spacial score (nSPS) is 14.2. The van der Waals surface area contributed by atoms with Gasteiger partial charge in [-0.2, -0.15) is 8.78 Å². The minimum atomic E-state index is -4.66. The minimum Gasteiger partial charge on any atom is -0.463 e. The number of hydrogen-bond acceptors (Lipinski definition) is 5. The Balaban J connectivity index is 2.45. The molecule has 2 aromatic rings. The van der Waals surface area contributed by atoms with Gasteiger partial charge in [0.25, 0.3) is 0 Å². The SMILES string of the molecule is CC(C)OC(=O)[C@H](C)CP(=O)(Oc1ccccc1)Oc1c(F)c(F)c(F)c(F)c1F. The van der Waals surface area contributed by atoms with Crippen LogP contribution in [0.4, 0.5) is 22.0 Å². The minimum absolute atomic E-state index is 0.0749. The molecule has 164 valence electrons. The van der Waals surface area contributed by atoms with Crippen LogP contribution >= 0.6 is 7.60 Å². The van der Waals surface area contributed by atoms with E-state index < -0.39 is 66.6 Å². The number of para-hydroxylation sites is 1. The molecule has 0 saturated heterocycles. The average molecular weight is 452 g/mol. The lowest BCUT2D eigenvalue weighted by atomic mass is 10.2. The van der Waals surface area contributed by atoms with Crippen molar-refractivity contribution in [2.75, 3.05) is 6.16 Å². The third-order valence-electron chi connectivity index (χ3n) is 3.64. The predicted octanol–water partition coefficient (Wildman–Crippen LogP) is 5.62. The lowest BCUT2D eigenvalue weighted by Gasteiger charge is -2.23. The average Bonchev–Trinajstić information content (AvgIpc) is 2.68. The smallest absolute Gasteiger partial charge is 0.431 e. The third-order valence-corrected chi connectivity index (χ3v) is 5.58. The second kappa shape index (κ2) is 9.47. The van der Waals surface area contributed by atoms with Gasteiger partial charge in [-0.25, -0.2) is 17.7 Å². The summed E-state index contributed by atoms with van der Waals surface area (Å²) < 4.78 is 96.5. The van der Waals surface area contributed by atoms with Crippen molar-refractivity contribution in [3.05, 3.63) is 59.4 Å². The lowest BCUT2D eigenvalue weighted by Crippen LogP contribution is -2.24. The Labute approximate surface area is 169 Å². The van der Waals surface area contributed by atoms with Gasteiger partial charge in [0.15, 0.2) is 0 Å². The van der Waals surface area contributed by atoms with Crippen molar-refractivity contribution in [1.29, 1.82) is 0 Å². The van der Waals surface area contributed by atoms with E-state index in [-0.39, 0.29) is 5.75 Å². The Kier molecular flexibility index (Phi) is 7.47. The van der Waals surface area contributed by atoms with E-state index in [4.69, 9.17) is 13.8 Å². The van der Waals surface area contributed by atoms with Gasteiger partial charge in [-0.05, 0) is 26.0 Å². The topological polar surface area (TPSA) is 61.8 Å². The van der Waals surface area contributed by atoms with E-state index in [0.29, 0.717) is 0 Å². The number of ether oxygens (including phenoxy) is 1. The molecular weight excluding hydrogens is 434 g/mol. The first-order valence-corrected chi connectivity index (χ1v) is 10.4. The molecular formula is C19H18F5O5P. The van der Waals surface area contributed by atoms with Crippen molar-refractivity contribution >= 4 is 13.6 Å². The molecule has 2 rings (SSSR count). The third kappa shape index (κ3) is 5.50. The Morgan fingerprint density at radius 3 is 1.87 bits per heavy atom. The maximum absolute atomic E-state index is 14.0. The molecule has 0 radical (unpaired) electrons. The van der Waals surface area contributed by atoms with Gasteiger partial charge in [0.2, 0.25) is 34.8 Å². The lowest BCUT2D eigenvalue weighted by molar-refractivity contribution is -0.151. The zero-order valence-electron chi connectivity index (χ0n) is 16.1. The molecule has 0 saturated carbocycles. The van der Waals surface area contributed by atoms with Gasteiger partial charge in [-0.15, -0.1) is 0 Å². The number of halogens is 5. The molecule has 0 aliphatic carbocycles. The van der Waals surface area contributed by atoms with Crippen LogP contribution in [0.5, 0.6) is 11.5 Å². The first-order valence-electron chi connectivity index (χ1n) is 8.70. The van der Waals surface area contributed by atoms with Crippen LogP contribution in [0.25, 0.3) is 0 Å². The summed E-state index contributed by atoms with van der Waals surface area (Å²) in [5, 5.41) is 0. The van der Waals surface area contributed by atoms with Crippen molar-refractivity contribution in [3.8, 4) is 11.5 Å². The summed E-state index contributed by atoms with van der Waals surface area (Å²) in [4.78, 5) is 12.1. The number of benzene rings is 2. The van der Waals surface area contributed by atoms with Crippen molar-refractivity contribution in [2.24, 2.45) is 5.92 Å². The molecule has 5 nitrogen and oxygen atoms in total. The van der Waals surface area contributed by atoms with Crippen LogP contribution < -0.4 is 9.05 Å². The molecule has 30 heavy (non-hydrogen) atoms. The second-order valence-electron chi connectivity index (χ2n) is 6.57. The molecule has 0 aromatic heterocycles. The van der Waals surface area contributed by atoms with Crippen LogP contribution in [0, 0.1) is 35.0 Å². The number of rotatable bonds is 8. The maximum atomic E-state index is 14.0. The van der Waals surface area contributed by atoms with Crippen molar-refractivity contribution in [3.63, 3.8) is 0 Å². The largest absolute Gasteiger partial charge is 0.463 e. The summed E-state index contributed by atoms with van der Waals surface area (Å²) in [6, 6.07) is 7.20. The summed E-state index contributed by atoms with van der Waals surface area (Å²) in [5.41, 5.74) is 0. The summed E-state index contributed by atoms with van der Waals surface area (Å²) in [6.07, 6.45) is -1.27. The van der Waals surface area contributed by atoms with Crippen LogP contribution in [0.1, 0.15) is 20.8 Å². The van der Waals surface area contributed by atoms with E-state index in [2.05, 4.69) is 0 Å². The molecule has 2 atom stereocenters. The van der Waals surface area contributed by atoms with E-state index in [1.54, 1.807) is 19.9 Å². The Bertz CT molecular complexity index is 939. The van der Waals surface area contributed by atoms with Crippen molar-refractivity contribution in [2.45, 2.75) is 26.9 Å². The highest BCUT2D eigenvalue weighted by Crippen LogP contribution is 2.51. The van der Waals surface area contributed by atoms with Crippen LogP contribution in [0.15, 0.2) is 30.3 Å². The highest BCUT2D eigenvalue weighted by Gasteiger charge is 2.38. The van der Waals surface area contributed by atoms with Gasteiger partial charge in [0, 0.05) is 0 Å². The van der Waals surface area contributed by atoms with Gasteiger partial charge >= 0.3 is 13.6 Å². The standard InChI is InChI=1S/C19H18F5O5P/c1-10(2)27-19(25)11(3)9-30(26,28-12-7-5-4-6-8-12)29-18-16(23)14(21)13(20)15(22)17(18)24/h4-8,10-11H,9H2,1-3H3/t11-,30?/m1/s1. The molecule has 2 aromatic carbocycles. The fourth-order valence-corrected chi connectivity index (χ4v) is 4.19. The van der Waals surface area contributed by atoms with E-state index >= 15 is 0 Å². The summed E-state index contributed by atoms with van der Waals surface area (Å²) in [5.74, 6) is -15.4. The second-order valence-corrected chi connectivity index (χ2v) is 8.53. The number of carbonyl (C=O) groups excluding carboxylic acids is 1. The van der Waals surface area contributed by atoms with Crippen LogP contribution in [-0.4, -0.2) is 18.2 Å². The summed E-state index contributed by atoms with van der Waals surface area (Å²) in [6.45, 7) is 4.42. The van der Waals surface area contributed by atoms with E-state index in [1.807, 2.05) is 0 Å². The molecule has 0 fully saturated rings. The highest BCUT2D eigenvalue weighted by molar-refractivity contribution is 7.54. The molecule has 0 bridgehead atoms. The monoisotopic (exact) mass is 452 g/mol. The molecule has 1 unspecified atom stereocenters. The Hall–Kier alpha value is -2.61. The van der Waals surface area contributed by atoms with Gasteiger partial charge in [-0.3, -0.25) is 4.79 Å². The van der Waals surface area contributed by atoms with Crippen molar-refractivity contribution < 1.29 is 45.1 Å². The predicted molar refractivity (Wildman–Crippen MR) is 96.8 cm³/mol. The molecule has 0 heterocycles. The van der Waals surface area contributed by atoms with Gasteiger partial charge in [0.1, 0.15) is 5.75 Å². The molecule has 0 N–H and O–H groups in total. The van der Waals surface area contributed by atoms with E-state index in [9.17, 15) is 31.3 Å². The van der Waals surface area contributed by atoms with E-state index in [1.165, 1.54) is 31.2 Å². The molecule has 0 amide bonds. The zero-order valence-corrected chi connectivity index (χ0v) is 17.0. The molecule has 11 heteroatoms. The van der Waals surface area contributed by atoms with Gasteiger partial charge in [-0.1, -0.05) is 25.1 Å². The van der Waals surface area contributed by atoms with Crippen LogP contribution in [0.2, 0.25) is 0 Å². The first kappa shape index (κ1) is 23.7. The molecule has 0 spiro atoms.